The number of ether oxygens (including phenoxy) is 1. The normalized spacial score (nSPS) is 17.9. The molecular formula is C12H24N2O. The zero-order valence-corrected chi connectivity index (χ0v) is 9.87. The maximum absolute atomic E-state index is 5.46. The lowest BCUT2D eigenvalue weighted by molar-refractivity contribution is 0.211. The van der Waals surface area contributed by atoms with Crippen molar-refractivity contribution in [3.63, 3.8) is 0 Å². The Morgan fingerprint density at radius 3 is 2.87 bits per heavy atom. The maximum Gasteiger partial charge on any atom is 0.0673 e. The highest BCUT2D eigenvalue weighted by Gasteiger charge is 2.10. The Morgan fingerprint density at radius 2 is 2.27 bits per heavy atom. The molecule has 1 aliphatic rings. The van der Waals surface area contributed by atoms with Gasteiger partial charge >= 0.3 is 0 Å². The van der Waals surface area contributed by atoms with Crippen LogP contribution < -0.4 is 5.73 Å². The average Bonchev–Trinajstić information content (AvgIpc) is 2.27. The first-order chi connectivity index (χ1) is 7.36. The Bertz CT molecular complexity index is 192. The van der Waals surface area contributed by atoms with E-state index in [4.69, 9.17) is 10.5 Å². The van der Waals surface area contributed by atoms with E-state index >= 15 is 0 Å². The molecule has 0 unspecified atom stereocenters. The van der Waals surface area contributed by atoms with Crippen LogP contribution >= 0.6 is 0 Å². The third kappa shape index (κ3) is 5.30. The Balaban J connectivity index is 2.09. The summed E-state index contributed by atoms with van der Waals surface area (Å²) in [6, 6.07) is 0. The van der Waals surface area contributed by atoms with E-state index in [1.165, 1.54) is 44.3 Å². The fraction of sp³-hybridized carbons (Fsp3) is 0.833. The average molecular weight is 212 g/mol. The van der Waals surface area contributed by atoms with Gasteiger partial charge in [0, 0.05) is 20.2 Å². The van der Waals surface area contributed by atoms with Crippen LogP contribution in [0.3, 0.4) is 0 Å². The van der Waals surface area contributed by atoms with E-state index in [0.29, 0.717) is 0 Å². The molecule has 0 spiro atoms. The molecule has 0 aromatic heterocycles. The van der Waals surface area contributed by atoms with Crippen molar-refractivity contribution in [1.29, 1.82) is 0 Å². The van der Waals surface area contributed by atoms with Gasteiger partial charge in [0.2, 0.25) is 0 Å². The van der Waals surface area contributed by atoms with Gasteiger partial charge in [0.1, 0.15) is 0 Å². The minimum atomic E-state index is 0.807. The van der Waals surface area contributed by atoms with Gasteiger partial charge in [0.15, 0.2) is 0 Å². The molecule has 3 heteroatoms. The van der Waals surface area contributed by atoms with Crippen molar-refractivity contribution < 1.29 is 4.74 Å². The van der Waals surface area contributed by atoms with Crippen molar-refractivity contribution in [3.05, 3.63) is 11.6 Å². The van der Waals surface area contributed by atoms with Crippen molar-refractivity contribution in [1.82, 2.24) is 4.90 Å². The van der Waals surface area contributed by atoms with E-state index in [0.717, 1.165) is 19.7 Å². The second-order valence-corrected chi connectivity index (χ2v) is 4.20. The van der Waals surface area contributed by atoms with Gasteiger partial charge < -0.3 is 10.5 Å². The van der Waals surface area contributed by atoms with Crippen molar-refractivity contribution >= 4 is 0 Å². The standard InChI is InChI=1S/C12H24N2O/c1-15-11-12-5-9-14(10-6-12)8-4-2-3-7-13/h5H,2-4,6-11,13H2,1H3. The minimum Gasteiger partial charge on any atom is -0.380 e. The Morgan fingerprint density at radius 1 is 1.40 bits per heavy atom. The molecule has 0 amide bonds. The summed E-state index contributed by atoms with van der Waals surface area (Å²) in [7, 11) is 1.76. The molecule has 0 bridgehead atoms. The first kappa shape index (κ1) is 12.7. The molecule has 0 saturated heterocycles. The number of nitrogens with two attached hydrogens (primary N) is 1. The van der Waals surface area contributed by atoms with Crippen LogP contribution in [0.25, 0.3) is 0 Å². The van der Waals surface area contributed by atoms with E-state index in [-0.39, 0.29) is 0 Å². The summed E-state index contributed by atoms with van der Waals surface area (Å²) in [6.45, 7) is 5.15. The number of rotatable bonds is 7. The molecule has 1 aliphatic heterocycles. The first-order valence-electron chi connectivity index (χ1n) is 5.96. The molecule has 1 rings (SSSR count). The van der Waals surface area contributed by atoms with Crippen LogP contribution in [0.4, 0.5) is 0 Å². The fourth-order valence-electron chi connectivity index (χ4n) is 1.93. The van der Waals surface area contributed by atoms with Gasteiger partial charge in [-0.2, -0.15) is 0 Å². The number of hydrogen-bond donors (Lipinski definition) is 1. The summed E-state index contributed by atoms with van der Waals surface area (Å²) in [5.41, 5.74) is 6.92. The molecule has 0 fully saturated rings. The molecule has 0 aliphatic carbocycles. The Hall–Kier alpha value is -0.380. The highest BCUT2D eigenvalue weighted by Crippen LogP contribution is 2.11. The van der Waals surface area contributed by atoms with Crippen LogP contribution in [-0.2, 0) is 4.74 Å². The fourth-order valence-corrected chi connectivity index (χ4v) is 1.93. The highest BCUT2D eigenvalue weighted by molar-refractivity contribution is 5.07. The van der Waals surface area contributed by atoms with Crippen molar-refractivity contribution in [3.8, 4) is 0 Å². The maximum atomic E-state index is 5.46. The zero-order chi connectivity index (χ0) is 10.9. The van der Waals surface area contributed by atoms with Gasteiger partial charge in [-0.15, -0.1) is 0 Å². The SMILES string of the molecule is COCC1=CCN(CCCCCN)CC1. The van der Waals surface area contributed by atoms with Gasteiger partial charge in [0.05, 0.1) is 6.61 Å². The van der Waals surface area contributed by atoms with Crippen LogP contribution in [0.15, 0.2) is 11.6 Å². The van der Waals surface area contributed by atoms with Crippen LogP contribution in [-0.4, -0.2) is 44.8 Å². The van der Waals surface area contributed by atoms with Gasteiger partial charge in [-0.3, -0.25) is 4.90 Å². The van der Waals surface area contributed by atoms with E-state index in [1.54, 1.807) is 7.11 Å². The van der Waals surface area contributed by atoms with Crippen LogP contribution in [0.1, 0.15) is 25.7 Å². The minimum absolute atomic E-state index is 0.807. The van der Waals surface area contributed by atoms with Crippen LogP contribution in [0.2, 0.25) is 0 Å². The summed E-state index contributed by atoms with van der Waals surface area (Å²) >= 11 is 0. The molecule has 0 atom stereocenters. The smallest absolute Gasteiger partial charge is 0.0673 e. The van der Waals surface area contributed by atoms with Crippen LogP contribution in [0.5, 0.6) is 0 Å². The Kier molecular flexibility index (Phi) is 6.64. The molecule has 88 valence electrons. The molecule has 0 aromatic rings. The summed E-state index contributed by atoms with van der Waals surface area (Å²) in [5.74, 6) is 0. The summed E-state index contributed by atoms with van der Waals surface area (Å²) < 4.78 is 5.13. The lowest BCUT2D eigenvalue weighted by atomic mass is 10.1. The topological polar surface area (TPSA) is 38.5 Å². The Labute approximate surface area is 93.3 Å². The molecule has 3 nitrogen and oxygen atoms in total. The number of nitrogens with zero attached hydrogens (tertiary/aromatic N) is 1. The summed E-state index contributed by atoms with van der Waals surface area (Å²) in [5, 5.41) is 0. The molecule has 2 N–H and O–H groups in total. The van der Waals surface area contributed by atoms with E-state index < -0.39 is 0 Å². The third-order valence-electron chi connectivity index (χ3n) is 2.90. The van der Waals surface area contributed by atoms with E-state index in [2.05, 4.69) is 11.0 Å². The number of unbranched alkanes of at least 4 members (excludes halogenated alkanes) is 2. The quantitative estimate of drug-likeness (QED) is 0.512. The lowest BCUT2D eigenvalue weighted by Gasteiger charge is -2.26. The van der Waals surface area contributed by atoms with Crippen molar-refractivity contribution in [2.75, 3.05) is 39.9 Å². The first-order valence-corrected chi connectivity index (χ1v) is 5.96. The predicted octanol–water partition coefficient (Wildman–Crippen LogP) is 1.39. The molecule has 1 heterocycles. The summed E-state index contributed by atoms with van der Waals surface area (Å²) in [4.78, 5) is 2.51. The van der Waals surface area contributed by atoms with Crippen molar-refractivity contribution in [2.45, 2.75) is 25.7 Å². The predicted molar refractivity (Wildman–Crippen MR) is 63.9 cm³/mol. The monoisotopic (exact) mass is 212 g/mol. The van der Waals surface area contributed by atoms with E-state index in [1.807, 2.05) is 0 Å². The molecule has 0 saturated carbocycles. The zero-order valence-electron chi connectivity index (χ0n) is 9.87. The van der Waals surface area contributed by atoms with Gasteiger partial charge in [0.25, 0.3) is 0 Å². The largest absolute Gasteiger partial charge is 0.380 e. The van der Waals surface area contributed by atoms with Gasteiger partial charge in [-0.05, 0) is 37.9 Å². The van der Waals surface area contributed by atoms with Crippen molar-refractivity contribution in [2.24, 2.45) is 5.73 Å². The second kappa shape index (κ2) is 7.85. The number of hydrogen-bond acceptors (Lipinski definition) is 3. The number of methoxy groups -OCH3 is 1. The second-order valence-electron chi connectivity index (χ2n) is 4.20. The van der Waals surface area contributed by atoms with Gasteiger partial charge in [-0.25, -0.2) is 0 Å². The van der Waals surface area contributed by atoms with E-state index in [9.17, 15) is 0 Å². The lowest BCUT2D eigenvalue weighted by Crippen LogP contribution is -2.30. The molecule has 0 aromatic carbocycles. The van der Waals surface area contributed by atoms with Gasteiger partial charge in [-0.1, -0.05) is 12.5 Å². The third-order valence-corrected chi connectivity index (χ3v) is 2.90. The summed E-state index contributed by atoms with van der Waals surface area (Å²) in [6.07, 6.45) is 7.20. The molecule has 15 heavy (non-hydrogen) atoms. The molecule has 0 radical (unpaired) electrons. The van der Waals surface area contributed by atoms with Crippen LogP contribution in [0, 0.1) is 0 Å². The highest BCUT2D eigenvalue weighted by atomic mass is 16.5. The molecular weight excluding hydrogens is 188 g/mol.